The maximum Gasteiger partial charge on any atom is 0.341 e. The summed E-state index contributed by atoms with van der Waals surface area (Å²) in [6, 6.07) is 1.86. The molecule has 26 heavy (non-hydrogen) atoms. The quantitative estimate of drug-likeness (QED) is 0.709. The van der Waals surface area contributed by atoms with Crippen LogP contribution in [-0.2, 0) is 14.8 Å². The number of amides is 3. The minimum atomic E-state index is -4.12. The van der Waals surface area contributed by atoms with Gasteiger partial charge in [-0.1, -0.05) is 38.5 Å². The van der Waals surface area contributed by atoms with E-state index in [1.54, 1.807) is 26.0 Å². The van der Waals surface area contributed by atoms with Crippen LogP contribution in [0.25, 0.3) is 0 Å². The molecule has 0 saturated carbocycles. The number of aryl methyl sites for hydroxylation is 3. The summed E-state index contributed by atoms with van der Waals surface area (Å²) >= 11 is 0. The van der Waals surface area contributed by atoms with Crippen LogP contribution >= 0.6 is 0 Å². The molecule has 0 bridgehead atoms. The van der Waals surface area contributed by atoms with Crippen LogP contribution in [0.5, 0.6) is 0 Å². The zero-order chi connectivity index (χ0) is 19.8. The SMILES string of the molecule is CCCN1C(=O)[C@H](CC(C)C)N(S(=O)(=O)c2c(C)cc(C)cc2C)C1=O. The Hall–Kier alpha value is -1.89. The highest BCUT2D eigenvalue weighted by molar-refractivity contribution is 7.89. The second-order valence-corrected chi connectivity index (χ2v) is 9.20. The number of hydrogen-bond donors (Lipinski definition) is 0. The number of carbonyl (C=O) groups is 2. The Balaban J connectivity index is 2.61. The average Bonchev–Trinajstić information content (AvgIpc) is 2.70. The van der Waals surface area contributed by atoms with E-state index in [0.717, 1.165) is 14.8 Å². The van der Waals surface area contributed by atoms with Crippen LogP contribution in [0, 0.1) is 26.7 Å². The van der Waals surface area contributed by atoms with E-state index in [2.05, 4.69) is 0 Å². The molecule has 3 amide bonds. The summed E-state index contributed by atoms with van der Waals surface area (Å²) in [5.41, 5.74) is 2.12. The number of urea groups is 1. The highest BCUT2D eigenvalue weighted by Crippen LogP contribution is 2.33. The lowest BCUT2D eigenvalue weighted by Gasteiger charge is -2.24. The summed E-state index contributed by atoms with van der Waals surface area (Å²) in [6.07, 6.45) is 0.899. The smallest absolute Gasteiger partial charge is 0.272 e. The monoisotopic (exact) mass is 380 g/mol. The molecule has 0 unspecified atom stereocenters. The van der Waals surface area contributed by atoms with Gasteiger partial charge < -0.3 is 0 Å². The van der Waals surface area contributed by atoms with Crippen molar-refractivity contribution in [3.05, 3.63) is 28.8 Å². The van der Waals surface area contributed by atoms with E-state index < -0.39 is 28.0 Å². The lowest BCUT2D eigenvalue weighted by atomic mass is 10.0. The lowest BCUT2D eigenvalue weighted by molar-refractivity contribution is -0.128. The molecule has 1 atom stereocenters. The van der Waals surface area contributed by atoms with Crippen molar-refractivity contribution in [2.24, 2.45) is 5.92 Å². The van der Waals surface area contributed by atoms with Crippen molar-refractivity contribution in [3.63, 3.8) is 0 Å². The van der Waals surface area contributed by atoms with Crippen LogP contribution in [0.1, 0.15) is 50.3 Å². The van der Waals surface area contributed by atoms with E-state index in [4.69, 9.17) is 0 Å². The molecule has 1 saturated heterocycles. The second-order valence-electron chi connectivity index (χ2n) is 7.45. The normalized spacial score (nSPS) is 18.3. The van der Waals surface area contributed by atoms with E-state index in [1.165, 1.54) is 0 Å². The number of benzene rings is 1. The van der Waals surface area contributed by atoms with E-state index >= 15 is 0 Å². The zero-order valence-corrected chi connectivity index (χ0v) is 17.2. The standard InChI is InChI=1S/C19H28N2O4S/c1-7-8-20-18(22)16(9-12(2)3)21(19(20)23)26(24,25)17-14(5)10-13(4)11-15(17)6/h10-12,16H,7-9H2,1-6H3/t16-/m0/s1. The molecule has 2 rings (SSSR count). The van der Waals surface area contributed by atoms with Gasteiger partial charge in [0.15, 0.2) is 0 Å². The highest BCUT2D eigenvalue weighted by Gasteiger charge is 2.51. The van der Waals surface area contributed by atoms with Crippen molar-refractivity contribution in [3.8, 4) is 0 Å². The Kier molecular flexibility index (Phi) is 5.80. The first-order chi connectivity index (χ1) is 12.0. The lowest BCUT2D eigenvalue weighted by Crippen LogP contribution is -2.41. The number of hydrogen-bond acceptors (Lipinski definition) is 4. The molecule has 1 fully saturated rings. The fraction of sp³-hybridized carbons (Fsp3) is 0.579. The minimum Gasteiger partial charge on any atom is -0.272 e. The van der Waals surface area contributed by atoms with E-state index in [0.29, 0.717) is 24.0 Å². The molecule has 6 nitrogen and oxygen atoms in total. The molecule has 1 aliphatic rings. The van der Waals surface area contributed by atoms with Gasteiger partial charge in [-0.05, 0) is 50.7 Å². The summed E-state index contributed by atoms with van der Waals surface area (Å²) < 4.78 is 27.6. The molecule has 1 aromatic carbocycles. The van der Waals surface area contributed by atoms with Crippen LogP contribution in [0.2, 0.25) is 0 Å². The molecule has 0 spiro atoms. The van der Waals surface area contributed by atoms with Gasteiger partial charge in [-0.3, -0.25) is 9.69 Å². The summed E-state index contributed by atoms with van der Waals surface area (Å²) in [5.74, 6) is -0.340. The molecule has 144 valence electrons. The highest BCUT2D eigenvalue weighted by atomic mass is 32.2. The van der Waals surface area contributed by atoms with E-state index in [-0.39, 0.29) is 17.4 Å². The Bertz CT molecular complexity index is 807. The molecule has 7 heteroatoms. The van der Waals surface area contributed by atoms with Gasteiger partial charge in [0, 0.05) is 6.54 Å². The third-order valence-electron chi connectivity index (χ3n) is 4.52. The molecule has 0 aliphatic carbocycles. The van der Waals surface area contributed by atoms with Gasteiger partial charge in [-0.25, -0.2) is 17.5 Å². The largest absolute Gasteiger partial charge is 0.341 e. The first-order valence-electron chi connectivity index (χ1n) is 9.00. The Morgan fingerprint density at radius 2 is 1.62 bits per heavy atom. The summed E-state index contributed by atoms with van der Waals surface area (Å²) in [6.45, 7) is 11.2. The zero-order valence-electron chi connectivity index (χ0n) is 16.4. The Morgan fingerprint density at radius 1 is 1.08 bits per heavy atom. The minimum absolute atomic E-state index is 0.0799. The number of imide groups is 1. The van der Waals surface area contributed by atoms with Gasteiger partial charge in [0.25, 0.3) is 15.9 Å². The Morgan fingerprint density at radius 3 is 2.08 bits per heavy atom. The van der Waals surface area contributed by atoms with Gasteiger partial charge in [0.1, 0.15) is 6.04 Å². The van der Waals surface area contributed by atoms with Gasteiger partial charge in [0.2, 0.25) is 0 Å². The third kappa shape index (κ3) is 3.49. The predicted molar refractivity (Wildman–Crippen MR) is 100 cm³/mol. The number of rotatable bonds is 6. The number of sulfonamides is 1. The average molecular weight is 381 g/mol. The van der Waals surface area contributed by atoms with Gasteiger partial charge in [0.05, 0.1) is 4.90 Å². The first-order valence-corrected chi connectivity index (χ1v) is 10.4. The van der Waals surface area contributed by atoms with Crippen molar-refractivity contribution in [1.82, 2.24) is 9.21 Å². The van der Waals surface area contributed by atoms with Crippen molar-refractivity contribution in [2.45, 2.75) is 65.3 Å². The molecule has 0 aromatic heterocycles. The van der Waals surface area contributed by atoms with Crippen molar-refractivity contribution >= 4 is 22.0 Å². The fourth-order valence-electron chi connectivity index (χ4n) is 3.64. The van der Waals surface area contributed by atoms with Gasteiger partial charge in [-0.15, -0.1) is 0 Å². The van der Waals surface area contributed by atoms with E-state index in [1.807, 2.05) is 27.7 Å². The van der Waals surface area contributed by atoms with Crippen molar-refractivity contribution in [1.29, 1.82) is 0 Å². The van der Waals surface area contributed by atoms with Crippen LogP contribution < -0.4 is 0 Å². The molecule has 1 heterocycles. The summed E-state index contributed by atoms with van der Waals surface area (Å²) in [4.78, 5) is 26.8. The van der Waals surface area contributed by atoms with Gasteiger partial charge >= 0.3 is 6.03 Å². The molecular weight excluding hydrogens is 352 g/mol. The molecular formula is C19H28N2O4S. The maximum atomic E-state index is 13.4. The first kappa shape index (κ1) is 20.4. The fourth-order valence-corrected chi connectivity index (χ4v) is 5.59. The topological polar surface area (TPSA) is 74.8 Å². The second kappa shape index (κ2) is 7.39. The van der Waals surface area contributed by atoms with Crippen LogP contribution in [0.4, 0.5) is 4.79 Å². The maximum absolute atomic E-state index is 13.4. The van der Waals surface area contributed by atoms with E-state index in [9.17, 15) is 18.0 Å². The molecule has 1 aromatic rings. The van der Waals surface area contributed by atoms with Gasteiger partial charge in [-0.2, -0.15) is 0 Å². The van der Waals surface area contributed by atoms with Crippen LogP contribution in [0.15, 0.2) is 17.0 Å². The predicted octanol–water partition coefficient (Wildman–Crippen LogP) is 3.39. The molecule has 1 aliphatic heterocycles. The molecule has 0 radical (unpaired) electrons. The number of nitrogens with zero attached hydrogens (tertiary/aromatic N) is 2. The third-order valence-corrected chi connectivity index (χ3v) is 6.61. The molecule has 0 N–H and O–H groups in total. The van der Waals surface area contributed by atoms with Crippen molar-refractivity contribution in [2.75, 3.05) is 6.54 Å². The van der Waals surface area contributed by atoms with Crippen LogP contribution in [0.3, 0.4) is 0 Å². The summed E-state index contributed by atoms with van der Waals surface area (Å²) in [5, 5.41) is 0. The van der Waals surface area contributed by atoms with Crippen LogP contribution in [-0.4, -0.2) is 42.1 Å². The van der Waals surface area contributed by atoms with Crippen molar-refractivity contribution < 1.29 is 18.0 Å². The summed E-state index contributed by atoms with van der Waals surface area (Å²) in [7, 11) is -4.12. The number of carbonyl (C=O) groups excluding carboxylic acids is 2. The Labute approximate surface area is 156 Å².